The minimum Gasteiger partial charge on any atom is -0.365 e. The van der Waals surface area contributed by atoms with Gasteiger partial charge in [-0.2, -0.15) is 0 Å². The number of anilines is 1. The lowest BCUT2D eigenvalue weighted by Gasteiger charge is -2.33. The number of benzene rings is 1. The zero-order valence-electron chi connectivity index (χ0n) is 13.6. The van der Waals surface area contributed by atoms with Crippen molar-refractivity contribution in [3.8, 4) is 0 Å². The second kappa shape index (κ2) is 6.93. The Balaban J connectivity index is 1.42. The maximum Gasteiger partial charge on any atom is 0.145 e. The summed E-state index contributed by atoms with van der Waals surface area (Å²) >= 11 is 0. The highest BCUT2D eigenvalue weighted by Crippen LogP contribution is 2.17. The standard InChI is InChI=1S/C19H21N5/c1-2-9-18-17(8-1)21-12-19(23-18)22-16-7-5-11-24(14-16)13-15-6-3-4-10-20-15/h1-4,6,8-10,12,16H,5,7,11,13-14H2,(H,22,23)/t16-/m0/s1. The predicted molar refractivity (Wildman–Crippen MR) is 95.7 cm³/mol. The average Bonchev–Trinajstić information content (AvgIpc) is 2.63. The van der Waals surface area contributed by atoms with Crippen molar-refractivity contribution >= 4 is 16.9 Å². The number of hydrogen-bond donors (Lipinski definition) is 1. The number of para-hydroxylation sites is 2. The summed E-state index contributed by atoms with van der Waals surface area (Å²) in [5.41, 5.74) is 3.00. The van der Waals surface area contributed by atoms with Gasteiger partial charge in [0.15, 0.2) is 0 Å². The van der Waals surface area contributed by atoms with Gasteiger partial charge in [0.2, 0.25) is 0 Å². The molecule has 5 nitrogen and oxygen atoms in total. The molecule has 4 rings (SSSR count). The van der Waals surface area contributed by atoms with Gasteiger partial charge in [0.1, 0.15) is 5.82 Å². The van der Waals surface area contributed by atoms with Gasteiger partial charge in [-0.05, 0) is 43.7 Å². The number of fused-ring (bicyclic) bond motifs is 1. The Kier molecular flexibility index (Phi) is 4.34. The van der Waals surface area contributed by atoms with Crippen molar-refractivity contribution in [3.05, 3.63) is 60.6 Å². The number of nitrogens with zero attached hydrogens (tertiary/aromatic N) is 4. The van der Waals surface area contributed by atoms with E-state index in [1.54, 1.807) is 0 Å². The number of pyridine rings is 1. The largest absolute Gasteiger partial charge is 0.365 e. The van der Waals surface area contributed by atoms with Gasteiger partial charge in [-0.15, -0.1) is 0 Å². The van der Waals surface area contributed by atoms with Gasteiger partial charge in [0, 0.05) is 25.3 Å². The first-order valence-corrected chi connectivity index (χ1v) is 8.47. The maximum absolute atomic E-state index is 4.67. The Morgan fingerprint density at radius 3 is 2.79 bits per heavy atom. The lowest BCUT2D eigenvalue weighted by molar-refractivity contribution is 0.206. The lowest BCUT2D eigenvalue weighted by atomic mass is 10.1. The molecule has 0 saturated carbocycles. The molecule has 1 aliphatic rings. The molecular formula is C19H21N5. The van der Waals surface area contributed by atoms with Crippen LogP contribution < -0.4 is 5.32 Å². The first-order chi connectivity index (χ1) is 11.9. The molecule has 0 bridgehead atoms. The van der Waals surface area contributed by atoms with E-state index in [9.17, 15) is 0 Å². The number of piperidine rings is 1. The molecule has 0 aliphatic carbocycles. The Morgan fingerprint density at radius 2 is 1.92 bits per heavy atom. The van der Waals surface area contributed by atoms with E-state index in [0.29, 0.717) is 6.04 Å². The molecule has 0 amide bonds. The molecule has 0 unspecified atom stereocenters. The Bertz CT molecular complexity index is 805. The quantitative estimate of drug-likeness (QED) is 0.801. The molecule has 3 heterocycles. The Labute approximate surface area is 141 Å². The van der Waals surface area contributed by atoms with E-state index in [0.717, 1.165) is 48.6 Å². The minimum absolute atomic E-state index is 0.401. The van der Waals surface area contributed by atoms with E-state index in [1.165, 1.54) is 6.42 Å². The molecule has 1 saturated heterocycles. The Morgan fingerprint density at radius 1 is 1.04 bits per heavy atom. The molecule has 1 fully saturated rings. The van der Waals surface area contributed by atoms with Crippen molar-refractivity contribution in [2.75, 3.05) is 18.4 Å². The summed E-state index contributed by atoms with van der Waals surface area (Å²) in [6, 6.07) is 14.5. The van der Waals surface area contributed by atoms with Crippen molar-refractivity contribution < 1.29 is 0 Å². The highest BCUT2D eigenvalue weighted by atomic mass is 15.2. The molecule has 2 aromatic heterocycles. The van der Waals surface area contributed by atoms with Crippen LogP contribution in [0.2, 0.25) is 0 Å². The number of nitrogens with one attached hydrogen (secondary N) is 1. The van der Waals surface area contributed by atoms with Crippen molar-refractivity contribution in [1.82, 2.24) is 19.9 Å². The van der Waals surface area contributed by atoms with Crippen molar-refractivity contribution in [2.24, 2.45) is 0 Å². The van der Waals surface area contributed by atoms with Gasteiger partial charge in [-0.25, -0.2) is 4.98 Å². The second-order valence-electron chi connectivity index (χ2n) is 6.28. The fourth-order valence-corrected chi connectivity index (χ4v) is 3.27. The third kappa shape index (κ3) is 3.51. The van der Waals surface area contributed by atoms with Crippen LogP contribution in [0.5, 0.6) is 0 Å². The molecule has 122 valence electrons. The summed E-state index contributed by atoms with van der Waals surface area (Å²) in [6.45, 7) is 3.03. The van der Waals surface area contributed by atoms with Crippen LogP contribution in [0, 0.1) is 0 Å². The van der Waals surface area contributed by atoms with Crippen LogP contribution in [0.15, 0.2) is 54.9 Å². The van der Waals surface area contributed by atoms with Gasteiger partial charge in [0.05, 0.1) is 22.9 Å². The summed E-state index contributed by atoms with van der Waals surface area (Å²) in [5.74, 6) is 0.860. The molecule has 5 heteroatoms. The summed E-state index contributed by atoms with van der Waals surface area (Å²) < 4.78 is 0. The van der Waals surface area contributed by atoms with Crippen LogP contribution in [0.3, 0.4) is 0 Å². The second-order valence-corrected chi connectivity index (χ2v) is 6.28. The summed E-state index contributed by atoms with van der Waals surface area (Å²) in [4.78, 5) is 16.0. The van der Waals surface area contributed by atoms with Crippen molar-refractivity contribution in [1.29, 1.82) is 0 Å². The fourth-order valence-electron chi connectivity index (χ4n) is 3.27. The highest BCUT2D eigenvalue weighted by molar-refractivity contribution is 5.75. The van der Waals surface area contributed by atoms with Gasteiger partial charge in [-0.1, -0.05) is 18.2 Å². The third-order valence-electron chi connectivity index (χ3n) is 4.42. The molecule has 1 aromatic carbocycles. The van der Waals surface area contributed by atoms with Crippen LogP contribution in [-0.4, -0.2) is 39.0 Å². The predicted octanol–water partition coefficient (Wildman–Crippen LogP) is 3.10. The summed E-state index contributed by atoms with van der Waals surface area (Å²) in [7, 11) is 0. The first kappa shape index (κ1) is 15.0. The van der Waals surface area contributed by atoms with E-state index >= 15 is 0 Å². The molecule has 0 spiro atoms. The van der Waals surface area contributed by atoms with Gasteiger partial charge >= 0.3 is 0 Å². The average molecular weight is 319 g/mol. The molecule has 3 aromatic rings. The topological polar surface area (TPSA) is 53.9 Å². The lowest BCUT2D eigenvalue weighted by Crippen LogP contribution is -2.41. The molecule has 0 radical (unpaired) electrons. The number of likely N-dealkylation sites (tertiary alicyclic amines) is 1. The number of rotatable bonds is 4. The zero-order valence-corrected chi connectivity index (χ0v) is 13.6. The Hall–Kier alpha value is -2.53. The fraction of sp³-hybridized carbons (Fsp3) is 0.316. The van der Waals surface area contributed by atoms with Gasteiger partial charge in [-0.3, -0.25) is 14.9 Å². The van der Waals surface area contributed by atoms with Crippen molar-refractivity contribution in [3.63, 3.8) is 0 Å². The molecule has 1 N–H and O–H groups in total. The normalized spacial score (nSPS) is 18.6. The minimum atomic E-state index is 0.401. The van der Waals surface area contributed by atoms with Crippen LogP contribution >= 0.6 is 0 Å². The van der Waals surface area contributed by atoms with Gasteiger partial charge < -0.3 is 5.32 Å². The van der Waals surface area contributed by atoms with Gasteiger partial charge in [0.25, 0.3) is 0 Å². The van der Waals surface area contributed by atoms with E-state index < -0.39 is 0 Å². The van der Waals surface area contributed by atoms with E-state index in [-0.39, 0.29) is 0 Å². The van der Waals surface area contributed by atoms with Crippen molar-refractivity contribution in [2.45, 2.75) is 25.4 Å². The SMILES string of the molecule is c1ccc(CN2CCC[C@H](Nc3cnc4ccccc4n3)C2)nc1. The molecular weight excluding hydrogens is 298 g/mol. The van der Waals surface area contributed by atoms with E-state index in [1.807, 2.05) is 48.8 Å². The zero-order chi connectivity index (χ0) is 16.2. The molecule has 1 aliphatic heterocycles. The van der Waals surface area contributed by atoms with Crippen LogP contribution in [0.1, 0.15) is 18.5 Å². The molecule has 24 heavy (non-hydrogen) atoms. The van der Waals surface area contributed by atoms with Crippen LogP contribution in [0.25, 0.3) is 11.0 Å². The van der Waals surface area contributed by atoms with E-state index in [2.05, 4.69) is 31.2 Å². The summed E-state index contributed by atoms with van der Waals surface area (Å²) in [6.07, 6.45) is 6.04. The van der Waals surface area contributed by atoms with Crippen LogP contribution in [-0.2, 0) is 6.54 Å². The number of hydrogen-bond acceptors (Lipinski definition) is 5. The first-order valence-electron chi connectivity index (χ1n) is 8.47. The molecule has 1 atom stereocenters. The highest BCUT2D eigenvalue weighted by Gasteiger charge is 2.20. The maximum atomic E-state index is 4.67. The van der Waals surface area contributed by atoms with Crippen LogP contribution in [0.4, 0.5) is 5.82 Å². The van der Waals surface area contributed by atoms with E-state index in [4.69, 9.17) is 0 Å². The summed E-state index contributed by atoms with van der Waals surface area (Å²) in [5, 5.41) is 3.55. The smallest absolute Gasteiger partial charge is 0.145 e. The third-order valence-corrected chi connectivity index (χ3v) is 4.42. The monoisotopic (exact) mass is 319 g/mol. The number of aromatic nitrogens is 3.